The number of halogens is 2. The summed E-state index contributed by atoms with van der Waals surface area (Å²) in [5, 5.41) is 2.95. The molecule has 0 unspecified atom stereocenters. The van der Waals surface area contributed by atoms with E-state index < -0.39 is 32.5 Å². The minimum atomic E-state index is -4.20. The first kappa shape index (κ1) is 28.3. The normalized spacial score (nSPS) is 14.7. The van der Waals surface area contributed by atoms with Crippen LogP contribution in [-0.4, -0.2) is 59.9 Å². The molecule has 1 aliphatic rings. The van der Waals surface area contributed by atoms with Crippen molar-refractivity contribution in [3.05, 3.63) is 82.3 Å². The van der Waals surface area contributed by atoms with Crippen molar-refractivity contribution in [3.63, 3.8) is 0 Å². The van der Waals surface area contributed by atoms with Crippen molar-refractivity contribution in [1.29, 1.82) is 0 Å². The first-order valence-electron chi connectivity index (χ1n) is 11.5. The highest BCUT2D eigenvalue weighted by Crippen LogP contribution is 2.33. The largest absolute Gasteiger partial charge is 0.379 e. The third kappa shape index (κ3) is 6.31. The number of carbonyl (C=O) groups excluding carboxylic acids is 1. The molecule has 4 rings (SSSR count). The van der Waals surface area contributed by atoms with Gasteiger partial charge in [0.1, 0.15) is 6.54 Å². The van der Waals surface area contributed by atoms with Gasteiger partial charge in [0, 0.05) is 23.8 Å². The smallest absolute Gasteiger partial charge is 0.264 e. The third-order valence-corrected chi connectivity index (χ3v) is 10.1. The molecule has 1 fully saturated rings. The molecule has 3 aromatic rings. The number of aryl methyl sites for hydroxylation is 1. The highest BCUT2D eigenvalue weighted by atomic mass is 35.5. The summed E-state index contributed by atoms with van der Waals surface area (Å²) < 4.78 is 60.2. The number of hydrogen-bond acceptors (Lipinski definition) is 6. The van der Waals surface area contributed by atoms with Crippen LogP contribution in [-0.2, 0) is 29.6 Å². The maximum absolute atomic E-state index is 13.6. The molecule has 1 N–H and O–H groups in total. The van der Waals surface area contributed by atoms with Crippen molar-refractivity contribution in [1.82, 2.24) is 4.31 Å². The Balaban J connectivity index is 1.57. The van der Waals surface area contributed by atoms with Crippen molar-refractivity contribution in [2.24, 2.45) is 0 Å². The fourth-order valence-electron chi connectivity index (χ4n) is 3.79. The number of carbonyl (C=O) groups is 1. The van der Waals surface area contributed by atoms with Crippen molar-refractivity contribution < 1.29 is 26.4 Å². The van der Waals surface area contributed by atoms with E-state index in [-0.39, 0.29) is 38.6 Å². The molecule has 3 aromatic carbocycles. The quantitative estimate of drug-likeness (QED) is 0.417. The summed E-state index contributed by atoms with van der Waals surface area (Å²) >= 11 is 12.4. The first-order chi connectivity index (χ1) is 18.0. The van der Waals surface area contributed by atoms with E-state index in [1.165, 1.54) is 58.9 Å². The number of ether oxygens (including phenoxy) is 1. The average molecular weight is 599 g/mol. The molecule has 38 heavy (non-hydrogen) atoms. The Morgan fingerprint density at radius 3 is 2.16 bits per heavy atom. The Labute approximate surface area is 232 Å². The number of anilines is 2. The van der Waals surface area contributed by atoms with Gasteiger partial charge in [0.25, 0.3) is 10.0 Å². The zero-order valence-electron chi connectivity index (χ0n) is 20.3. The van der Waals surface area contributed by atoms with Gasteiger partial charge in [-0.3, -0.25) is 9.10 Å². The van der Waals surface area contributed by atoms with Crippen molar-refractivity contribution >= 4 is 60.5 Å². The Hall–Kier alpha value is -2.67. The van der Waals surface area contributed by atoms with Gasteiger partial charge in [-0.1, -0.05) is 40.9 Å². The van der Waals surface area contributed by atoms with Crippen LogP contribution >= 0.6 is 23.2 Å². The Morgan fingerprint density at radius 2 is 1.53 bits per heavy atom. The highest BCUT2D eigenvalue weighted by Gasteiger charge is 2.30. The lowest BCUT2D eigenvalue weighted by Crippen LogP contribution is -2.40. The number of morpholine rings is 1. The number of hydrogen-bond donors (Lipinski definition) is 1. The number of nitrogens with one attached hydrogen (secondary N) is 1. The fourth-order valence-corrected chi connectivity index (χ4v) is 7.07. The van der Waals surface area contributed by atoms with Crippen LogP contribution in [0.5, 0.6) is 0 Å². The maximum Gasteiger partial charge on any atom is 0.264 e. The Morgan fingerprint density at radius 1 is 0.921 bits per heavy atom. The van der Waals surface area contributed by atoms with Gasteiger partial charge in [0.2, 0.25) is 15.9 Å². The summed E-state index contributed by atoms with van der Waals surface area (Å²) in [6.45, 7) is 2.39. The molecule has 0 atom stereocenters. The van der Waals surface area contributed by atoms with Gasteiger partial charge in [0.05, 0.1) is 33.7 Å². The fraction of sp³-hybridized carbons (Fsp3) is 0.240. The molecule has 0 radical (unpaired) electrons. The van der Waals surface area contributed by atoms with Crippen LogP contribution in [0.25, 0.3) is 0 Å². The van der Waals surface area contributed by atoms with Crippen molar-refractivity contribution in [2.75, 3.05) is 42.5 Å². The van der Waals surface area contributed by atoms with Gasteiger partial charge in [-0.15, -0.1) is 0 Å². The molecular formula is C25H25Cl2N3O6S2. The van der Waals surface area contributed by atoms with E-state index in [1.807, 2.05) is 6.92 Å². The van der Waals surface area contributed by atoms with Crippen LogP contribution in [0, 0.1) is 6.92 Å². The van der Waals surface area contributed by atoms with Gasteiger partial charge in [-0.05, 0) is 61.5 Å². The SMILES string of the molecule is Cc1ccc(S(=O)(=O)N(CC(=O)Nc2ccc(S(=O)(=O)N3CCOCC3)cc2)c2cc(Cl)ccc2Cl)cc1. The number of rotatable bonds is 8. The summed E-state index contributed by atoms with van der Waals surface area (Å²) in [7, 11) is -7.90. The number of amides is 1. The maximum atomic E-state index is 13.6. The molecule has 0 bridgehead atoms. The number of sulfonamides is 2. The van der Waals surface area contributed by atoms with Crippen LogP contribution < -0.4 is 9.62 Å². The molecule has 1 amide bonds. The molecule has 0 aliphatic carbocycles. The molecule has 1 aliphatic heterocycles. The van der Waals surface area contributed by atoms with E-state index in [9.17, 15) is 21.6 Å². The molecule has 0 aromatic heterocycles. The van der Waals surface area contributed by atoms with Crippen molar-refractivity contribution in [3.8, 4) is 0 Å². The predicted molar refractivity (Wildman–Crippen MR) is 147 cm³/mol. The average Bonchev–Trinajstić information content (AvgIpc) is 2.90. The van der Waals surface area contributed by atoms with Gasteiger partial charge in [-0.25, -0.2) is 16.8 Å². The van der Waals surface area contributed by atoms with Crippen LogP contribution in [0.1, 0.15) is 5.56 Å². The van der Waals surface area contributed by atoms with E-state index in [0.29, 0.717) is 18.9 Å². The molecule has 0 saturated carbocycles. The molecular weight excluding hydrogens is 573 g/mol. The summed E-state index contributed by atoms with van der Waals surface area (Å²) in [6, 6.07) is 16.2. The summed E-state index contributed by atoms with van der Waals surface area (Å²) in [6.07, 6.45) is 0. The molecule has 1 saturated heterocycles. The molecule has 0 spiro atoms. The van der Waals surface area contributed by atoms with Crippen LogP contribution in [0.15, 0.2) is 76.5 Å². The second kappa shape index (κ2) is 11.6. The summed E-state index contributed by atoms with van der Waals surface area (Å²) in [4.78, 5) is 13.1. The molecule has 202 valence electrons. The number of nitrogens with zero attached hydrogens (tertiary/aromatic N) is 2. The van der Waals surface area contributed by atoms with E-state index >= 15 is 0 Å². The zero-order chi connectivity index (χ0) is 27.5. The van der Waals surface area contributed by atoms with E-state index in [1.54, 1.807) is 12.1 Å². The highest BCUT2D eigenvalue weighted by molar-refractivity contribution is 7.93. The van der Waals surface area contributed by atoms with Gasteiger partial charge in [0.15, 0.2) is 0 Å². The lowest BCUT2D eigenvalue weighted by atomic mass is 10.2. The number of benzene rings is 3. The lowest BCUT2D eigenvalue weighted by Gasteiger charge is -2.26. The topological polar surface area (TPSA) is 113 Å². The van der Waals surface area contributed by atoms with Gasteiger partial charge in [-0.2, -0.15) is 4.31 Å². The second-order valence-corrected chi connectivity index (χ2v) is 13.2. The zero-order valence-corrected chi connectivity index (χ0v) is 23.4. The Bertz CT molecular complexity index is 1520. The van der Waals surface area contributed by atoms with Crippen molar-refractivity contribution in [2.45, 2.75) is 16.7 Å². The summed E-state index contributed by atoms with van der Waals surface area (Å²) in [5.41, 5.74) is 1.20. The minimum Gasteiger partial charge on any atom is -0.379 e. The van der Waals surface area contributed by atoms with Gasteiger partial charge < -0.3 is 10.1 Å². The van der Waals surface area contributed by atoms with E-state index in [0.717, 1.165) is 9.87 Å². The summed E-state index contributed by atoms with van der Waals surface area (Å²) in [5.74, 6) is -0.666. The second-order valence-electron chi connectivity index (χ2n) is 8.51. The van der Waals surface area contributed by atoms with E-state index in [2.05, 4.69) is 5.32 Å². The van der Waals surface area contributed by atoms with Crippen LogP contribution in [0.2, 0.25) is 10.0 Å². The minimum absolute atomic E-state index is 0.0235. The van der Waals surface area contributed by atoms with Gasteiger partial charge >= 0.3 is 0 Å². The molecule has 1 heterocycles. The van der Waals surface area contributed by atoms with Crippen LogP contribution in [0.3, 0.4) is 0 Å². The van der Waals surface area contributed by atoms with Crippen LogP contribution in [0.4, 0.5) is 11.4 Å². The standard InChI is InChI=1S/C25H25Cl2N3O6S2/c1-18-2-7-22(8-3-18)38(34,35)30(24-16-19(26)4-11-23(24)27)17-25(31)28-20-5-9-21(10-6-20)37(32,33)29-12-14-36-15-13-29/h2-11,16H,12-15,17H2,1H3,(H,28,31). The first-order valence-corrected chi connectivity index (χ1v) is 15.1. The Kier molecular flexibility index (Phi) is 8.65. The lowest BCUT2D eigenvalue weighted by molar-refractivity contribution is -0.114. The molecule has 9 nitrogen and oxygen atoms in total. The third-order valence-electron chi connectivity index (χ3n) is 5.82. The monoisotopic (exact) mass is 597 g/mol. The molecule has 13 heteroatoms. The predicted octanol–water partition coefficient (Wildman–Crippen LogP) is 4.16. The van der Waals surface area contributed by atoms with E-state index in [4.69, 9.17) is 27.9 Å².